The number of amidine groups is 1. The van der Waals surface area contributed by atoms with E-state index in [4.69, 9.17) is 11.4 Å². The molecule has 0 radical (unpaired) electrons. The molecule has 0 aromatic heterocycles. The van der Waals surface area contributed by atoms with Gasteiger partial charge in [-0.05, 0) is 19.8 Å². The average Bonchev–Trinajstić information content (AvgIpc) is 2.01. The molecule has 1 aliphatic rings. The van der Waals surface area contributed by atoms with Crippen LogP contribution in [-0.2, 0) is 4.79 Å². The summed E-state index contributed by atoms with van der Waals surface area (Å²) in [7, 11) is 0. The Morgan fingerprint density at radius 1 is 1.62 bits per heavy atom. The number of hydrogen-bond acceptors (Lipinski definition) is 4. The number of nitrogens with zero attached hydrogens (tertiary/aromatic N) is 2. The third-order valence-electron chi connectivity index (χ3n) is 2.60. The van der Waals surface area contributed by atoms with Crippen LogP contribution in [0.1, 0.15) is 32.6 Å². The minimum atomic E-state index is -0.317. The van der Waals surface area contributed by atoms with Crippen LogP contribution in [0.3, 0.4) is 0 Å². The maximum atomic E-state index is 11.0. The second kappa shape index (κ2) is 3.64. The average molecular weight is 182 g/mol. The van der Waals surface area contributed by atoms with Crippen molar-refractivity contribution in [2.24, 2.45) is 21.5 Å². The summed E-state index contributed by atoms with van der Waals surface area (Å²) in [5.74, 6) is 5.53. The number of rotatable bonds is 3. The highest BCUT2D eigenvalue weighted by Gasteiger charge is 2.43. The Hall–Kier alpha value is -1.26. The van der Waals surface area contributed by atoms with Crippen LogP contribution in [0.4, 0.5) is 0 Å². The van der Waals surface area contributed by atoms with E-state index in [0.717, 1.165) is 19.3 Å². The van der Waals surface area contributed by atoms with Gasteiger partial charge in [-0.15, -0.1) is 5.11 Å². The van der Waals surface area contributed by atoms with E-state index in [0.29, 0.717) is 12.3 Å². The van der Waals surface area contributed by atoms with Crippen LogP contribution in [0.15, 0.2) is 10.2 Å². The SMILES string of the molecule is CC(=O)CC1(/C(N=N)=N/N)CCC1. The molecule has 0 atom stereocenters. The third-order valence-corrected chi connectivity index (χ3v) is 2.60. The molecule has 1 saturated carbocycles. The molecule has 0 bridgehead atoms. The summed E-state index contributed by atoms with van der Waals surface area (Å²) >= 11 is 0. The summed E-state index contributed by atoms with van der Waals surface area (Å²) in [5.41, 5.74) is 6.58. The highest BCUT2D eigenvalue weighted by molar-refractivity contribution is 5.93. The lowest BCUT2D eigenvalue weighted by molar-refractivity contribution is -0.119. The first-order chi connectivity index (χ1) is 6.14. The third kappa shape index (κ3) is 1.74. The van der Waals surface area contributed by atoms with Crippen LogP contribution in [0.2, 0.25) is 0 Å². The predicted molar refractivity (Wildman–Crippen MR) is 48.4 cm³/mol. The summed E-state index contributed by atoms with van der Waals surface area (Å²) in [6.45, 7) is 1.54. The number of ketones is 1. The van der Waals surface area contributed by atoms with Gasteiger partial charge in [0.15, 0.2) is 5.84 Å². The fraction of sp³-hybridized carbons (Fsp3) is 0.750. The number of carbonyl (C=O) groups is 1. The van der Waals surface area contributed by atoms with Crippen molar-refractivity contribution < 1.29 is 4.79 Å². The van der Waals surface area contributed by atoms with Crippen molar-refractivity contribution >= 4 is 11.6 Å². The number of Topliss-reactive ketones (excluding diaryl/α,β-unsaturated/α-hetero) is 1. The molecule has 1 fully saturated rings. The number of hydrazone groups is 1. The Kier molecular flexibility index (Phi) is 2.75. The van der Waals surface area contributed by atoms with Gasteiger partial charge in [-0.1, -0.05) is 6.42 Å². The smallest absolute Gasteiger partial charge is 0.176 e. The summed E-state index contributed by atoms with van der Waals surface area (Å²) in [6, 6.07) is 0. The van der Waals surface area contributed by atoms with Crippen molar-refractivity contribution in [3.63, 3.8) is 0 Å². The number of nitrogens with one attached hydrogen (secondary N) is 1. The zero-order valence-corrected chi connectivity index (χ0v) is 7.71. The maximum Gasteiger partial charge on any atom is 0.176 e. The highest BCUT2D eigenvalue weighted by atomic mass is 16.1. The molecular weight excluding hydrogens is 168 g/mol. The quantitative estimate of drug-likeness (QED) is 0.227. The molecule has 0 heterocycles. The van der Waals surface area contributed by atoms with Crippen molar-refractivity contribution in [1.82, 2.24) is 0 Å². The van der Waals surface area contributed by atoms with Gasteiger partial charge < -0.3 is 5.84 Å². The lowest BCUT2D eigenvalue weighted by Gasteiger charge is -2.39. The van der Waals surface area contributed by atoms with E-state index in [1.165, 1.54) is 6.92 Å². The van der Waals surface area contributed by atoms with E-state index >= 15 is 0 Å². The normalized spacial score (nSPS) is 20.5. The van der Waals surface area contributed by atoms with Crippen molar-refractivity contribution in [3.05, 3.63) is 0 Å². The molecule has 0 aliphatic heterocycles. The minimum Gasteiger partial charge on any atom is -0.321 e. The van der Waals surface area contributed by atoms with E-state index in [1.807, 2.05) is 0 Å². The predicted octanol–water partition coefficient (Wildman–Crippen LogP) is 1.44. The fourth-order valence-electron chi connectivity index (χ4n) is 1.84. The molecule has 72 valence electrons. The summed E-state index contributed by atoms with van der Waals surface area (Å²) in [5, 5.41) is 6.74. The minimum absolute atomic E-state index is 0.101. The molecule has 0 aromatic rings. The van der Waals surface area contributed by atoms with Crippen LogP contribution >= 0.6 is 0 Å². The molecule has 0 saturated heterocycles. The van der Waals surface area contributed by atoms with Crippen LogP contribution in [0, 0.1) is 10.9 Å². The van der Waals surface area contributed by atoms with Gasteiger partial charge >= 0.3 is 0 Å². The van der Waals surface area contributed by atoms with Gasteiger partial charge in [0.2, 0.25) is 0 Å². The van der Waals surface area contributed by atoms with E-state index in [1.54, 1.807) is 0 Å². The molecule has 0 aromatic carbocycles. The molecule has 0 amide bonds. The van der Waals surface area contributed by atoms with E-state index in [-0.39, 0.29) is 11.2 Å². The Morgan fingerprint density at radius 3 is 2.46 bits per heavy atom. The molecule has 5 heteroatoms. The van der Waals surface area contributed by atoms with Crippen LogP contribution < -0.4 is 5.84 Å². The molecule has 0 unspecified atom stereocenters. The Morgan fingerprint density at radius 2 is 2.23 bits per heavy atom. The lowest BCUT2D eigenvalue weighted by Crippen LogP contribution is -2.39. The zero-order chi connectivity index (χ0) is 9.90. The summed E-state index contributed by atoms with van der Waals surface area (Å²) in [4.78, 5) is 11.0. The second-order valence-electron chi connectivity index (χ2n) is 3.58. The van der Waals surface area contributed by atoms with Gasteiger partial charge in [-0.3, -0.25) is 4.79 Å². The van der Waals surface area contributed by atoms with Crippen molar-refractivity contribution in [1.29, 1.82) is 5.53 Å². The molecule has 1 aliphatic carbocycles. The fourth-order valence-corrected chi connectivity index (χ4v) is 1.84. The molecule has 5 nitrogen and oxygen atoms in total. The Bertz CT molecular complexity index is 255. The summed E-state index contributed by atoms with van der Waals surface area (Å²) in [6.07, 6.45) is 3.20. The largest absolute Gasteiger partial charge is 0.321 e. The van der Waals surface area contributed by atoms with Gasteiger partial charge in [0.05, 0.1) is 0 Å². The number of carbonyl (C=O) groups excluding carboxylic acids is 1. The van der Waals surface area contributed by atoms with Gasteiger partial charge in [0.25, 0.3) is 0 Å². The van der Waals surface area contributed by atoms with E-state index < -0.39 is 0 Å². The topological polar surface area (TPSA) is 91.7 Å². The van der Waals surface area contributed by atoms with Gasteiger partial charge in [0.1, 0.15) is 5.78 Å². The van der Waals surface area contributed by atoms with Crippen LogP contribution in [0.5, 0.6) is 0 Å². The molecular formula is C8H14N4O. The Balaban J connectivity index is 2.80. The van der Waals surface area contributed by atoms with Crippen molar-refractivity contribution in [2.45, 2.75) is 32.6 Å². The van der Waals surface area contributed by atoms with Crippen LogP contribution in [0.25, 0.3) is 0 Å². The number of hydrogen-bond donors (Lipinski definition) is 2. The number of nitrogens with two attached hydrogens (primary N) is 1. The first-order valence-electron chi connectivity index (χ1n) is 4.30. The standard InChI is InChI=1S/C8H14N4O/c1-6(13)5-8(3-2-4-8)7(11-9)12-10/h9H,2-5,10H2,1H3/b11-9?,12-7-. The first kappa shape index (κ1) is 9.83. The van der Waals surface area contributed by atoms with Crippen molar-refractivity contribution in [3.8, 4) is 0 Å². The van der Waals surface area contributed by atoms with Crippen LogP contribution in [-0.4, -0.2) is 11.6 Å². The zero-order valence-electron chi connectivity index (χ0n) is 7.71. The molecule has 1 rings (SSSR count). The van der Waals surface area contributed by atoms with Gasteiger partial charge in [-0.2, -0.15) is 5.10 Å². The molecule has 0 spiro atoms. The lowest BCUT2D eigenvalue weighted by atomic mass is 9.65. The van der Waals surface area contributed by atoms with Gasteiger partial charge in [0, 0.05) is 11.8 Å². The highest BCUT2D eigenvalue weighted by Crippen LogP contribution is 2.45. The maximum absolute atomic E-state index is 11.0. The molecule has 3 N–H and O–H groups in total. The Labute approximate surface area is 76.9 Å². The van der Waals surface area contributed by atoms with Crippen molar-refractivity contribution in [2.75, 3.05) is 0 Å². The first-order valence-corrected chi connectivity index (χ1v) is 4.30. The monoisotopic (exact) mass is 182 g/mol. The van der Waals surface area contributed by atoms with E-state index in [2.05, 4.69) is 10.2 Å². The molecule has 13 heavy (non-hydrogen) atoms. The second-order valence-corrected chi connectivity index (χ2v) is 3.58. The summed E-state index contributed by atoms with van der Waals surface area (Å²) < 4.78 is 0. The van der Waals surface area contributed by atoms with E-state index in [9.17, 15) is 4.79 Å². The van der Waals surface area contributed by atoms with Gasteiger partial charge in [-0.25, -0.2) is 5.53 Å².